The fourth-order valence-electron chi connectivity index (χ4n) is 1.45. The van der Waals surface area contributed by atoms with Gasteiger partial charge in [0.15, 0.2) is 0 Å². The molecule has 0 bridgehead atoms. The van der Waals surface area contributed by atoms with Gasteiger partial charge >= 0.3 is 0 Å². The maximum atomic E-state index is 10.2. The van der Waals surface area contributed by atoms with Gasteiger partial charge in [0.25, 0.3) is 0 Å². The Morgan fingerprint density at radius 1 is 1.40 bits per heavy atom. The zero-order valence-electron chi connectivity index (χ0n) is 5.95. The molecule has 2 N–H and O–H groups in total. The van der Waals surface area contributed by atoms with Crippen molar-refractivity contribution in [2.45, 2.75) is 31.7 Å². The second-order valence-electron chi connectivity index (χ2n) is 2.76. The van der Waals surface area contributed by atoms with Crippen LogP contribution in [0.15, 0.2) is 0 Å². The minimum absolute atomic E-state index is 0. The van der Waals surface area contributed by atoms with E-state index >= 15 is 0 Å². The lowest BCUT2D eigenvalue weighted by Gasteiger charge is -2.10. The van der Waals surface area contributed by atoms with Gasteiger partial charge in [-0.2, -0.15) is 0 Å². The molecule has 0 unspecified atom stereocenters. The number of carbonyl (C=O) groups is 1. The van der Waals surface area contributed by atoms with Gasteiger partial charge in [0, 0.05) is 0 Å². The summed E-state index contributed by atoms with van der Waals surface area (Å²) in [7, 11) is 0. The van der Waals surface area contributed by atoms with Crippen LogP contribution in [0.2, 0.25) is 0 Å². The number of aldehydes is 1. The van der Waals surface area contributed by atoms with Crippen molar-refractivity contribution < 1.29 is 4.79 Å². The fourth-order valence-corrected chi connectivity index (χ4v) is 1.45. The van der Waals surface area contributed by atoms with E-state index < -0.39 is 0 Å². The molecule has 3 heteroatoms. The zero-order chi connectivity index (χ0) is 6.69. The van der Waals surface area contributed by atoms with Crippen molar-refractivity contribution in [3.63, 3.8) is 0 Å². The minimum atomic E-state index is -0.188. The topological polar surface area (TPSA) is 43.1 Å². The van der Waals surface area contributed by atoms with E-state index in [1.165, 1.54) is 12.8 Å². The molecule has 0 saturated heterocycles. The Balaban J connectivity index is 0.000000810. The summed E-state index contributed by atoms with van der Waals surface area (Å²) in [5.74, 6) is 0.488. The molecule has 0 heterocycles. The molecule has 0 radical (unpaired) electrons. The second kappa shape index (κ2) is 4.69. The first-order chi connectivity index (χ1) is 4.34. The third kappa shape index (κ3) is 2.27. The molecule has 60 valence electrons. The standard InChI is InChI=1S/C7H13NO.ClH/c8-7(5-9)6-3-1-2-4-6;/h5-7H,1-4,8H2;1H/t7-;/m1./s1. The van der Waals surface area contributed by atoms with Crippen LogP contribution in [-0.4, -0.2) is 12.3 Å². The van der Waals surface area contributed by atoms with Crippen molar-refractivity contribution in [1.82, 2.24) is 0 Å². The summed E-state index contributed by atoms with van der Waals surface area (Å²) < 4.78 is 0. The quantitative estimate of drug-likeness (QED) is 0.621. The van der Waals surface area contributed by atoms with Gasteiger partial charge < -0.3 is 10.5 Å². The highest BCUT2D eigenvalue weighted by molar-refractivity contribution is 5.85. The Hall–Kier alpha value is -0.0800. The van der Waals surface area contributed by atoms with Crippen molar-refractivity contribution in [1.29, 1.82) is 0 Å². The minimum Gasteiger partial charge on any atom is -0.322 e. The van der Waals surface area contributed by atoms with Gasteiger partial charge in [-0.15, -0.1) is 12.4 Å². The molecule has 1 rings (SSSR count). The molecule has 1 fully saturated rings. The van der Waals surface area contributed by atoms with Crippen LogP contribution in [0.4, 0.5) is 0 Å². The summed E-state index contributed by atoms with van der Waals surface area (Å²) in [4.78, 5) is 10.2. The zero-order valence-corrected chi connectivity index (χ0v) is 6.77. The number of halogens is 1. The highest BCUT2D eigenvalue weighted by Crippen LogP contribution is 2.25. The molecule has 1 atom stereocenters. The highest BCUT2D eigenvalue weighted by Gasteiger charge is 2.20. The largest absolute Gasteiger partial charge is 0.322 e. The van der Waals surface area contributed by atoms with Crippen molar-refractivity contribution >= 4 is 18.7 Å². The van der Waals surface area contributed by atoms with E-state index in [-0.39, 0.29) is 18.4 Å². The molecule has 0 aromatic heterocycles. The fraction of sp³-hybridized carbons (Fsp3) is 0.857. The van der Waals surface area contributed by atoms with Crippen LogP contribution in [0.1, 0.15) is 25.7 Å². The maximum absolute atomic E-state index is 10.2. The second-order valence-corrected chi connectivity index (χ2v) is 2.76. The smallest absolute Gasteiger partial charge is 0.136 e. The average Bonchev–Trinajstić information content (AvgIpc) is 2.37. The van der Waals surface area contributed by atoms with Crippen LogP contribution in [0.25, 0.3) is 0 Å². The Morgan fingerprint density at radius 2 is 1.90 bits per heavy atom. The normalized spacial score (nSPS) is 21.7. The monoisotopic (exact) mass is 163 g/mol. The van der Waals surface area contributed by atoms with E-state index in [9.17, 15) is 4.79 Å². The third-order valence-corrected chi connectivity index (χ3v) is 2.10. The first kappa shape index (κ1) is 9.92. The van der Waals surface area contributed by atoms with Gasteiger partial charge in [0.2, 0.25) is 0 Å². The predicted molar refractivity (Wildman–Crippen MR) is 43.2 cm³/mol. The van der Waals surface area contributed by atoms with Crippen LogP contribution < -0.4 is 5.73 Å². The Bertz CT molecular complexity index is 102. The molecule has 2 nitrogen and oxygen atoms in total. The van der Waals surface area contributed by atoms with Gasteiger partial charge in [-0.1, -0.05) is 12.8 Å². The van der Waals surface area contributed by atoms with Crippen LogP contribution in [0.5, 0.6) is 0 Å². The number of carbonyl (C=O) groups excluding carboxylic acids is 1. The highest BCUT2D eigenvalue weighted by atomic mass is 35.5. The SMILES string of the molecule is Cl.N[C@H](C=O)C1CCCC1. The van der Waals surface area contributed by atoms with E-state index in [1.54, 1.807) is 0 Å². The van der Waals surface area contributed by atoms with E-state index in [4.69, 9.17) is 5.73 Å². The third-order valence-electron chi connectivity index (χ3n) is 2.10. The van der Waals surface area contributed by atoms with Crippen LogP contribution >= 0.6 is 12.4 Å². The summed E-state index contributed by atoms with van der Waals surface area (Å²) in [6.45, 7) is 0. The average molecular weight is 164 g/mol. The molecule has 0 aromatic rings. The summed E-state index contributed by atoms with van der Waals surface area (Å²) in [6.07, 6.45) is 5.69. The van der Waals surface area contributed by atoms with Crippen molar-refractivity contribution in [3.05, 3.63) is 0 Å². The van der Waals surface area contributed by atoms with Gasteiger partial charge in [0.1, 0.15) is 6.29 Å². The number of hydrogen-bond acceptors (Lipinski definition) is 2. The van der Waals surface area contributed by atoms with Gasteiger partial charge in [-0.3, -0.25) is 0 Å². The molecule has 1 saturated carbocycles. The molecular weight excluding hydrogens is 150 g/mol. The predicted octanol–water partition coefficient (Wildman–Crippen LogP) is 1.12. The maximum Gasteiger partial charge on any atom is 0.136 e. The van der Waals surface area contributed by atoms with Gasteiger partial charge in [-0.05, 0) is 18.8 Å². The Labute approximate surface area is 67.6 Å². The first-order valence-electron chi connectivity index (χ1n) is 3.55. The molecule has 0 amide bonds. The van der Waals surface area contributed by atoms with E-state index in [1.807, 2.05) is 0 Å². The lowest BCUT2D eigenvalue weighted by Crippen LogP contribution is -2.29. The first-order valence-corrected chi connectivity index (χ1v) is 3.55. The van der Waals surface area contributed by atoms with Crippen molar-refractivity contribution in [2.24, 2.45) is 11.7 Å². The van der Waals surface area contributed by atoms with E-state index in [0.717, 1.165) is 19.1 Å². The molecule has 0 aromatic carbocycles. The van der Waals surface area contributed by atoms with Crippen LogP contribution in [0, 0.1) is 5.92 Å². The molecule has 1 aliphatic rings. The van der Waals surface area contributed by atoms with Gasteiger partial charge in [-0.25, -0.2) is 0 Å². The van der Waals surface area contributed by atoms with Crippen LogP contribution in [0.3, 0.4) is 0 Å². The lowest BCUT2D eigenvalue weighted by atomic mass is 10.0. The Kier molecular flexibility index (Phi) is 4.65. The number of rotatable bonds is 2. The summed E-state index contributed by atoms with van der Waals surface area (Å²) in [6, 6.07) is -0.188. The van der Waals surface area contributed by atoms with Crippen molar-refractivity contribution in [3.8, 4) is 0 Å². The molecule has 10 heavy (non-hydrogen) atoms. The number of hydrogen-bond donors (Lipinski definition) is 1. The molecule has 0 aliphatic heterocycles. The molecule has 0 spiro atoms. The summed E-state index contributed by atoms with van der Waals surface area (Å²) in [5.41, 5.74) is 5.51. The molecule has 1 aliphatic carbocycles. The lowest BCUT2D eigenvalue weighted by molar-refractivity contribution is -0.109. The van der Waals surface area contributed by atoms with E-state index in [2.05, 4.69) is 0 Å². The van der Waals surface area contributed by atoms with E-state index in [0.29, 0.717) is 5.92 Å². The Morgan fingerprint density at radius 3 is 2.30 bits per heavy atom. The van der Waals surface area contributed by atoms with Crippen LogP contribution in [-0.2, 0) is 4.79 Å². The number of nitrogens with two attached hydrogens (primary N) is 1. The molecular formula is C7H14ClNO. The summed E-state index contributed by atoms with van der Waals surface area (Å²) in [5, 5.41) is 0. The van der Waals surface area contributed by atoms with Crippen molar-refractivity contribution in [2.75, 3.05) is 0 Å². The van der Waals surface area contributed by atoms with Gasteiger partial charge in [0.05, 0.1) is 6.04 Å². The summed E-state index contributed by atoms with van der Waals surface area (Å²) >= 11 is 0.